The maximum atomic E-state index is 13.0. The molecule has 0 unspecified atom stereocenters. The van der Waals surface area contributed by atoms with E-state index in [4.69, 9.17) is 14.2 Å². The Morgan fingerprint density at radius 1 is 1.00 bits per heavy atom. The van der Waals surface area contributed by atoms with E-state index in [0.717, 1.165) is 43.1 Å². The molecule has 8 heteroatoms. The molecule has 7 nitrogen and oxygen atoms in total. The predicted octanol–water partition coefficient (Wildman–Crippen LogP) is 4.80. The van der Waals surface area contributed by atoms with Gasteiger partial charge in [0.15, 0.2) is 11.5 Å². The van der Waals surface area contributed by atoms with E-state index < -0.39 is 10.0 Å². The molecule has 0 aliphatic carbocycles. The fourth-order valence-corrected chi connectivity index (χ4v) is 6.80. The number of hydrogen-bond donors (Lipinski definition) is 0. The molecule has 2 aromatic carbocycles. The molecule has 0 aromatic heterocycles. The third-order valence-electron chi connectivity index (χ3n) is 7.03. The Morgan fingerprint density at radius 3 is 2.46 bits per heavy atom. The van der Waals surface area contributed by atoms with E-state index in [9.17, 15) is 8.42 Å². The Labute approximate surface area is 210 Å². The number of ether oxygens (including phenoxy) is 3. The second-order valence-corrected chi connectivity index (χ2v) is 11.5. The van der Waals surface area contributed by atoms with Crippen molar-refractivity contribution in [3.05, 3.63) is 53.6 Å². The van der Waals surface area contributed by atoms with Crippen molar-refractivity contribution in [2.75, 3.05) is 45.8 Å². The molecule has 2 aliphatic rings. The molecule has 0 spiro atoms. The first kappa shape index (κ1) is 25.8. The van der Waals surface area contributed by atoms with Gasteiger partial charge in [-0.25, -0.2) is 12.7 Å². The molecule has 4 rings (SSSR count). The highest BCUT2D eigenvalue weighted by molar-refractivity contribution is 7.89. The predicted molar refractivity (Wildman–Crippen MR) is 138 cm³/mol. The second kappa shape index (κ2) is 11.6. The van der Waals surface area contributed by atoms with Crippen molar-refractivity contribution in [2.24, 2.45) is 0 Å². The zero-order chi connectivity index (χ0) is 24.8. The van der Waals surface area contributed by atoms with Crippen LogP contribution in [0.25, 0.3) is 0 Å². The summed E-state index contributed by atoms with van der Waals surface area (Å²) in [6.07, 6.45) is 3.35. The molecule has 2 aromatic rings. The first-order chi connectivity index (χ1) is 16.9. The first-order valence-electron chi connectivity index (χ1n) is 12.7. The van der Waals surface area contributed by atoms with Crippen molar-refractivity contribution in [1.29, 1.82) is 0 Å². The molecule has 0 bridgehead atoms. The third kappa shape index (κ3) is 6.11. The fraction of sp³-hybridized carbons (Fsp3) is 0.556. The van der Waals surface area contributed by atoms with Crippen molar-refractivity contribution in [3.8, 4) is 17.2 Å². The van der Waals surface area contributed by atoms with Crippen molar-refractivity contribution in [3.63, 3.8) is 0 Å². The van der Waals surface area contributed by atoms with Gasteiger partial charge in [-0.15, -0.1) is 0 Å². The number of fused-ring (bicyclic) bond motifs is 1. The zero-order valence-corrected chi connectivity index (χ0v) is 21.9. The molecule has 35 heavy (non-hydrogen) atoms. The van der Waals surface area contributed by atoms with Crippen LogP contribution in [-0.4, -0.2) is 63.5 Å². The zero-order valence-electron chi connectivity index (χ0n) is 21.1. The van der Waals surface area contributed by atoms with Crippen LogP contribution in [0.1, 0.15) is 62.6 Å². The lowest BCUT2D eigenvalue weighted by Crippen LogP contribution is -2.40. The Hall–Kier alpha value is -2.29. The molecule has 0 radical (unpaired) electrons. The summed E-state index contributed by atoms with van der Waals surface area (Å²) in [5.74, 6) is 2.99. The first-order valence-corrected chi connectivity index (χ1v) is 14.3. The van der Waals surface area contributed by atoms with Crippen molar-refractivity contribution < 1.29 is 22.6 Å². The summed E-state index contributed by atoms with van der Waals surface area (Å²) < 4.78 is 44.1. The lowest BCUT2D eigenvalue weighted by atomic mass is 9.93. The summed E-state index contributed by atoms with van der Waals surface area (Å²) in [5.41, 5.74) is 2.46. The van der Waals surface area contributed by atoms with Gasteiger partial charge in [0.25, 0.3) is 0 Å². The highest BCUT2D eigenvalue weighted by atomic mass is 32.2. The van der Waals surface area contributed by atoms with Crippen LogP contribution in [0.15, 0.2) is 42.5 Å². The maximum Gasteiger partial charge on any atom is 0.231 e. The van der Waals surface area contributed by atoms with E-state index in [2.05, 4.69) is 29.2 Å². The molecule has 2 aliphatic heterocycles. The molecule has 0 saturated carbocycles. The largest absolute Gasteiger partial charge is 0.497 e. The smallest absolute Gasteiger partial charge is 0.231 e. The lowest BCUT2D eigenvalue weighted by molar-refractivity contribution is 0.174. The summed E-state index contributed by atoms with van der Waals surface area (Å²) in [6, 6.07) is 14.7. The van der Waals surface area contributed by atoms with Crippen LogP contribution in [0.2, 0.25) is 0 Å². The Morgan fingerprint density at radius 2 is 1.74 bits per heavy atom. The number of rotatable bonds is 12. The summed E-state index contributed by atoms with van der Waals surface area (Å²) in [7, 11) is -1.57. The van der Waals surface area contributed by atoms with E-state index in [1.54, 1.807) is 11.4 Å². The topological polar surface area (TPSA) is 68.3 Å². The Balaban J connectivity index is 1.54. The van der Waals surface area contributed by atoms with Crippen molar-refractivity contribution in [1.82, 2.24) is 9.21 Å². The van der Waals surface area contributed by atoms with Crippen LogP contribution in [0.4, 0.5) is 0 Å². The average Bonchev–Trinajstić information content (AvgIpc) is 3.52. The van der Waals surface area contributed by atoms with E-state index in [1.807, 2.05) is 32.0 Å². The highest BCUT2D eigenvalue weighted by Crippen LogP contribution is 2.43. The van der Waals surface area contributed by atoms with Crippen LogP contribution in [0.3, 0.4) is 0 Å². The molecule has 1 fully saturated rings. The summed E-state index contributed by atoms with van der Waals surface area (Å²) in [4.78, 5) is 2.44. The van der Waals surface area contributed by atoms with Gasteiger partial charge in [0, 0.05) is 32.2 Å². The minimum atomic E-state index is -3.24. The van der Waals surface area contributed by atoms with Gasteiger partial charge in [0.2, 0.25) is 16.8 Å². The number of sulfonamides is 1. The van der Waals surface area contributed by atoms with E-state index in [-0.39, 0.29) is 18.6 Å². The van der Waals surface area contributed by atoms with Crippen molar-refractivity contribution >= 4 is 10.0 Å². The molecular formula is C27H38N2O5S. The van der Waals surface area contributed by atoms with Crippen LogP contribution < -0.4 is 14.2 Å². The fourth-order valence-electron chi connectivity index (χ4n) is 5.07. The van der Waals surface area contributed by atoms with Gasteiger partial charge in [0.1, 0.15) is 5.75 Å². The number of likely N-dealkylation sites (tertiary alicyclic amines) is 1. The molecule has 0 N–H and O–H groups in total. The van der Waals surface area contributed by atoms with Crippen LogP contribution in [0.5, 0.6) is 17.2 Å². The lowest BCUT2D eigenvalue weighted by Gasteiger charge is -2.28. The van der Waals surface area contributed by atoms with Gasteiger partial charge in [-0.3, -0.25) is 4.90 Å². The van der Waals surface area contributed by atoms with Crippen LogP contribution in [0, 0.1) is 0 Å². The number of unbranched alkanes of at least 4 members (excludes halogenated alkanes) is 1. The minimum absolute atomic E-state index is 0.207. The van der Waals surface area contributed by atoms with Gasteiger partial charge >= 0.3 is 0 Å². The standard InChI is InChI=1S/C27H38N2O5S/c1-4-6-16-35(30,31)29(13-5-2)15-14-28-19-23(22-9-12-26-27(18-22)34-20-33-26)17-25(28)21-7-10-24(32-3)11-8-21/h7-12,18,23,25H,4-6,13-17,19-20H2,1-3H3/t23-,25+/m0/s1. The molecule has 192 valence electrons. The summed E-state index contributed by atoms with van der Waals surface area (Å²) in [5, 5.41) is 0. The Bertz CT molecular complexity index is 1070. The third-order valence-corrected chi connectivity index (χ3v) is 8.99. The number of benzene rings is 2. The Kier molecular flexibility index (Phi) is 8.57. The van der Waals surface area contributed by atoms with Gasteiger partial charge in [-0.2, -0.15) is 0 Å². The second-order valence-electron chi connectivity index (χ2n) is 9.40. The minimum Gasteiger partial charge on any atom is -0.497 e. The van der Waals surface area contributed by atoms with Gasteiger partial charge < -0.3 is 14.2 Å². The monoisotopic (exact) mass is 502 g/mol. The SMILES string of the molecule is CCCCS(=O)(=O)N(CCC)CCN1C[C@@H](c2ccc3c(c2)OCO3)C[C@@H]1c1ccc(OC)cc1. The number of hydrogen-bond acceptors (Lipinski definition) is 6. The van der Waals surface area contributed by atoms with Crippen molar-refractivity contribution in [2.45, 2.75) is 51.5 Å². The number of methoxy groups -OCH3 is 1. The maximum absolute atomic E-state index is 13.0. The quantitative estimate of drug-likeness (QED) is 0.415. The van der Waals surface area contributed by atoms with Crippen LogP contribution in [-0.2, 0) is 10.0 Å². The number of nitrogens with zero attached hydrogens (tertiary/aromatic N) is 2. The van der Waals surface area contributed by atoms with E-state index >= 15 is 0 Å². The molecule has 1 saturated heterocycles. The average molecular weight is 503 g/mol. The molecule has 2 heterocycles. The molecule has 2 atom stereocenters. The van der Waals surface area contributed by atoms with Gasteiger partial charge in [-0.05, 0) is 60.6 Å². The van der Waals surface area contributed by atoms with Gasteiger partial charge in [0.05, 0.1) is 12.9 Å². The van der Waals surface area contributed by atoms with E-state index in [1.165, 1.54) is 11.1 Å². The van der Waals surface area contributed by atoms with E-state index in [0.29, 0.717) is 32.0 Å². The summed E-state index contributed by atoms with van der Waals surface area (Å²) in [6.45, 7) is 6.98. The molecule has 0 amide bonds. The van der Waals surface area contributed by atoms with Crippen LogP contribution >= 0.6 is 0 Å². The normalized spacial score (nSPS) is 20.0. The van der Waals surface area contributed by atoms with Gasteiger partial charge in [-0.1, -0.05) is 38.5 Å². The highest BCUT2D eigenvalue weighted by Gasteiger charge is 2.35. The molecular weight excluding hydrogens is 464 g/mol. The summed E-state index contributed by atoms with van der Waals surface area (Å²) >= 11 is 0.